The number of aliphatic hydroxyl groups is 1. The van der Waals surface area contributed by atoms with Crippen LogP contribution in [0, 0.1) is 5.92 Å². The number of ether oxygens (including phenoxy) is 2. The molecule has 0 spiro atoms. The van der Waals surface area contributed by atoms with Crippen LogP contribution in [0.25, 0.3) is 10.1 Å². The van der Waals surface area contributed by atoms with Gasteiger partial charge in [-0.2, -0.15) is 0 Å². The summed E-state index contributed by atoms with van der Waals surface area (Å²) in [5.74, 6) is -0.234. The molecule has 0 radical (unpaired) electrons. The van der Waals surface area contributed by atoms with E-state index < -0.39 is 18.0 Å². The van der Waals surface area contributed by atoms with Crippen molar-refractivity contribution in [2.24, 2.45) is 5.92 Å². The maximum absolute atomic E-state index is 10.9. The van der Waals surface area contributed by atoms with Crippen molar-refractivity contribution in [3.05, 3.63) is 23.1 Å². The lowest BCUT2D eigenvalue weighted by molar-refractivity contribution is -0.142. The van der Waals surface area contributed by atoms with Crippen molar-refractivity contribution in [1.29, 1.82) is 0 Å². The van der Waals surface area contributed by atoms with Gasteiger partial charge >= 0.3 is 5.97 Å². The van der Waals surface area contributed by atoms with E-state index in [0.717, 1.165) is 15.0 Å². The number of hydrogen-bond acceptors (Lipinski definition) is 5. The molecule has 0 aliphatic carbocycles. The smallest absolute Gasteiger partial charge is 0.306 e. The molecule has 114 valence electrons. The zero-order chi connectivity index (χ0) is 15.6. The van der Waals surface area contributed by atoms with Gasteiger partial charge in [0, 0.05) is 15.6 Å². The van der Waals surface area contributed by atoms with E-state index in [1.165, 1.54) is 11.3 Å². The average molecular weight is 310 g/mol. The van der Waals surface area contributed by atoms with Gasteiger partial charge in [0.05, 0.1) is 26.2 Å². The Morgan fingerprint density at radius 3 is 2.43 bits per heavy atom. The van der Waals surface area contributed by atoms with Gasteiger partial charge in [0.25, 0.3) is 0 Å². The molecule has 0 aliphatic heterocycles. The van der Waals surface area contributed by atoms with Gasteiger partial charge in [0.15, 0.2) is 11.5 Å². The van der Waals surface area contributed by atoms with Gasteiger partial charge in [0.1, 0.15) is 0 Å². The van der Waals surface area contributed by atoms with E-state index >= 15 is 0 Å². The first-order valence-corrected chi connectivity index (χ1v) is 7.34. The Hall–Kier alpha value is -1.79. The first-order valence-electron chi connectivity index (χ1n) is 6.52. The van der Waals surface area contributed by atoms with Crippen molar-refractivity contribution >= 4 is 27.4 Å². The topological polar surface area (TPSA) is 76.0 Å². The molecule has 21 heavy (non-hydrogen) atoms. The molecule has 1 heterocycles. The van der Waals surface area contributed by atoms with Gasteiger partial charge in [-0.15, -0.1) is 11.3 Å². The van der Waals surface area contributed by atoms with Crippen LogP contribution < -0.4 is 9.47 Å². The SMILES string of the molecule is COc1cc2cc(C(O)CC(C)C(=O)O)sc2cc1OC. The highest BCUT2D eigenvalue weighted by atomic mass is 32.1. The fraction of sp³-hybridized carbons (Fsp3) is 0.400. The number of benzene rings is 1. The summed E-state index contributed by atoms with van der Waals surface area (Å²) >= 11 is 1.43. The minimum atomic E-state index is -0.904. The lowest BCUT2D eigenvalue weighted by Gasteiger charge is -2.11. The Kier molecular flexibility index (Phi) is 4.69. The van der Waals surface area contributed by atoms with Crippen LogP contribution in [-0.2, 0) is 4.79 Å². The quantitative estimate of drug-likeness (QED) is 0.857. The molecule has 0 aliphatic rings. The molecule has 6 heteroatoms. The van der Waals surface area contributed by atoms with Gasteiger partial charge in [-0.1, -0.05) is 6.92 Å². The highest BCUT2D eigenvalue weighted by Crippen LogP contribution is 2.39. The molecule has 0 saturated heterocycles. The molecule has 2 rings (SSSR count). The number of thiophene rings is 1. The van der Waals surface area contributed by atoms with E-state index in [1.807, 2.05) is 18.2 Å². The first kappa shape index (κ1) is 15.6. The lowest BCUT2D eigenvalue weighted by Crippen LogP contribution is -2.12. The fourth-order valence-electron chi connectivity index (χ4n) is 2.10. The number of aliphatic carboxylic acids is 1. The van der Waals surface area contributed by atoms with Gasteiger partial charge in [0.2, 0.25) is 0 Å². The van der Waals surface area contributed by atoms with Crippen LogP contribution >= 0.6 is 11.3 Å². The predicted octanol–water partition coefficient (Wildman–Crippen LogP) is 3.06. The molecule has 0 fully saturated rings. The first-order chi connectivity index (χ1) is 9.96. The van der Waals surface area contributed by atoms with Crippen molar-refractivity contribution in [3.8, 4) is 11.5 Å². The van der Waals surface area contributed by atoms with Crippen LogP contribution in [0.2, 0.25) is 0 Å². The standard InChI is InChI=1S/C15H18O5S/c1-8(15(17)18)4-10(16)14-6-9-5-11(19-2)12(20-3)7-13(9)21-14/h5-8,10,16H,4H2,1-3H3,(H,17,18). The average Bonchev–Trinajstić information content (AvgIpc) is 2.88. The Morgan fingerprint density at radius 2 is 1.86 bits per heavy atom. The number of carboxylic acids is 1. The summed E-state index contributed by atoms with van der Waals surface area (Å²) < 4.78 is 11.5. The van der Waals surface area contributed by atoms with Crippen molar-refractivity contribution in [2.75, 3.05) is 14.2 Å². The van der Waals surface area contributed by atoms with E-state index in [9.17, 15) is 9.90 Å². The molecule has 0 bridgehead atoms. The zero-order valence-electron chi connectivity index (χ0n) is 12.1. The number of rotatable bonds is 6. The molecule has 1 aromatic carbocycles. The molecular formula is C15H18O5S. The predicted molar refractivity (Wildman–Crippen MR) is 81.3 cm³/mol. The number of fused-ring (bicyclic) bond motifs is 1. The maximum Gasteiger partial charge on any atom is 0.306 e. The van der Waals surface area contributed by atoms with E-state index in [0.29, 0.717) is 11.5 Å². The summed E-state index contributed by atoms with van der Waals surface area (Å²) in [5, 5.41) is 20.0. The summed E-state index contributed by atoms with van der Waals surface area (Å²) in [6, 6.07) is 5.57. The molecule has 2 aromatic rings. The fourth-order valence-corrected chi connectivity index (χ4v) is 3.18. The Labute approximate surface area is 126 Å². The summed E-state index contributed by atoms with van der Waals surface area (Å²) in [7, 11) is 3.14. The molecule has 2 unspecified atom stereocenters. The maximum atomic E-state index is 10.9. The molecule has 0 amide bonds. The monoisotopic (exact) mass is 310 g/mol. The second-order valence-electron chi connectivity index (χ2n) is 4.88. The molecule has 0 saturated carbocycles. The third-order valence-electron chi connectivity index (χ3n) is 3.37. The van der Waals surface area contributed by atoms with Gasteiger partial charge < -0.3 is 19.7 Å². The lowest BCUT2D eigenvalue weighted by atomic mass is 10.0. The van der Waals surface area contributed by atoms with Gasteiger partial charge in [-0.25, -0.2) is 0 Å². The molecule has 5 nitrogen and oxygen atoms in total. The minimum absolute atomic E-state index is 0.191. The number of carboxylic acid groups (broad SMARTS) is 1. The molecule has 2 N–H and O–H groups in total. The highest BCUT2D eigenvalue weighted by molar-refractivity contribution is 7.19. The van der Waals surface area contributed by atoms with Gasteiger partial charge in [-0.3, -0.25) is 4.79 Å². The van der Waals surface area contributed by atoms with Crippen molar-refractivity contribution in [3.63, 3.8) is 0 Å². The van der Waals surface area contributed by atoms with Crippen molar-refractivity contribution in [2.45, 2.75) is 19.4 Å². The molecule has 2 atom stereocenters. The third kappa shape index (κ3) is 3.28. The Balaban J connectivity index is 2.32. The van der Waals surface area contributed by atoms with Crippen LogP contribution in [0.3, 0.4) is 0 Å². The van der Waals surface area contributed by atoms with Gasteiger partial charge in [-0.05, 0) is 23.9 Å². The largest absolute Gasteiger partial charge is 0.493 e. The van der Waals surface area contributed by atoms with Crippen molar-refractivity contribution < 1.29 is 24.5 Å². The zero-order valence-corrected chi connectivity index (χ0v) is 12.9. The van der Waals surface area contributed by atoms with E-state index in [-0.39, 0.29) is 6.42 Å². The van der Waals surface area contributed by atoms with Crippen molar-refractivity contribution in [1.82, 2.24) is 0 Å². The third-order valence-corrected chi connectivity index (χ3v) is 4.57. The Morgan fingerprint density at radius 1 is 1.24 bits per heavy atom. The van der Waals surface area contributed by atoms with E-state index in [4.69, 9.17) is 14.6 Å². The summed E-state index contributed by atoms with van der Waals surface area (Å²) in [4.78, 5) is 11.6. The van der Waals surface area contributed by atoms with Crippen LogP contribution in [0.4, 0.5) is 0 Å². The Bertz CT molecular complexity index is 608. The second-order valence-corrected chi connectivity index (χ2v) is 6.00. The highest BCUT2D eigenvalue weighted by Gasteiger charge is 2.20. The molecular weight excluding hydrogens is 292 g/mol. The summed E-state index contributed by atoms with van der Waals surface area (Å²) in [5.41, 5.74) is 0. The van der Waals surface area contributed by atoms with Crippen LogP contribution in [-0.4, -0.2) is 30.4 Å². The van der Waals surface area contributed by atoms with Crippen LogP contribution in [0.5, 0.6) is 11.5 Å². The molecule has 1 aromatic heterocycles. The number of hydrogen-bond donors (Lipinski definition) is 2. The van der Waals surface area contributed by atoms with E-state index in [2.05, 4.69) is 0 Å². The normalized spacial score (nSPS) is 13.9. The number of aliphatic hydroxyl groups excluding tert-OH is 1. The number of methoxy groups -OCH3 is 2. The number of carbonyl (C=O) groups is 1. The second kappa shape index (κ2) is 6.32. The van der Waals surface area contributed by atoms with Crippen LogP contribution in [0.15, 0.2) is 18.2 Å². The minimum Gasteiger partial charge on any atom is -0.493 e. The van der Waals surface area contributed by atoms with E-state index in [1.54, 1.807) is 21.1 Å². The van der Waals surface area contributed by atoms with Crippen LogP contribution in [0.1, 0.15) is 24.3 Å². The summed E-state index contributed by atoms with van der Waals surface area (Å²) in [6.45, 7) is 1.59. The summed E-state index contributed by atoms with van der Waals surface area (Å²) in [6.07, 6.45) is -0.596.